The van der Waals surface area contributed by atoms with Crippen LogP contribution in [0.5, 0.6) is 0 Å². The third-order valence-electron chi connectivity index (χ3n) is 10.6. The smallest absolute Gasteiger partial charge is 0.306 e. The molecule has 0 bridgehead atoms. The first-order valence-electron chi connectivity index (χ1n) is 23.7. The van der Waals surface area contributed by atoms with Crippen molar-refractivity contribution >= 4 is 17.9 Å². The summed E-state index contributed by atoms with van der Waals surface area (Å²) in [5, 5.41) is 3.04. The van der Waals surface area contributed by atoms with E-state index in [0.29, 0.717) is 32.1 Å². The summed E-state index contributed by atoms with van der Waals surface area (Å²) in [5.74, 6) is -6.69. The molecule has 0 saturated heterocycles. The van der Waals surface area contributed by atoms with Gasteiger partial charge in [-0.2, -0.15) is 0 Å². The third kappa shape index (κ3) is 40.7. The molecule has 7 nitrogen and oxygen atoms in total. The lowest BCUT2D eigenvalue weighted by molar-refractivity contribution is -0.150. The van der Waals surface area contributed by atoms with Crippen molar-refractivity contribution in [3.63, 3.8) is 0 Å². The number of nitrogens with one attached hydrogen (secondary N) is 1. The van der Waals surface area contributed by atoms with Crippen molar-refractivity contribution in [3.05, 3.63) is 24.3 Å². The largest absolute Gasteiger partial charge is 0.462 e. The van der Waals surface area contributed by atoms with Crippen LogP contribution in [0, 0.1) is 0 Å². The molecular formula is C48H85F4NO6. The molecule has 0 aliphatic heterocycles. The molecule has 0 atom stereocenters. The molecule has 0 heterocycles. The minimum atomic E-state index is -2.88. The maximum Gasteiger partial charge on any atom is 0.306 e. The lowest BCUT2D eigenvalue weighted by atomic mass is 10.0. The number of unbranched alkanes of at least 4 members (excludes halogenated alkanes) is 20. The molecule has 0 rings (SSSR count). The number of halogens is 4. The molecule has 0 fully saturated rings. The highest BCUT2D eigenvalue weighted by Crippen LogP contribution is 2.25. The second-order valence-electron chi connectivity index (χ2n) is 16.4. The van der Waals surface area contributed by atoms with Crippen molar-refractivity contribution < 1.29 is 46.2 Å². The maximum absolute atomic E-state index is 14.1. The van der Waals surface area contributed by atoms with Crippen LogP contribution in [0.3, 0.4) is 0 Å². The van der Waals surface area contributed by atoms with Gasteiger partial charge in [0.15, 0.2) is 0 Å². The summed E-state index contributed by atoms with van der Waals surface area (Å²) in [4.78, 5) is 36.6. The number of hydrogen-bond donors (Lipinski definition) is 1. The van der Waals surface area contributed by atoms with Crippen molar-refractivity contribution in [1.82, 2.24) is 5.32 Å². The summed E-state index contributed by atoms with van der Waals surface area (Å²) in [6.45, 7) is 4.78. The summed E-state index contributed by atoms with van der Waals surface area (Å²) >= 11 is 0. The van der Waals surface area contributed by atoms with Gasteiger partial charge in [-0.25, -0.2) is 17.6 Å². The Kier molecular flexibility index (Phi) is 38.1. The van der Waals surface area contributed by atoms with E-state index < -0.39 is 11.8 Å². The van der Waals surface area contributed by atoms with Crippen molar-refractivity contribution in [3.8, 4) is 0 Å². The van der Waals surface area contributed by atoms with E-state index in [0.717, 1.165) is 128 Å². The zero-order valence-electron chi connectivity index (χ0n) is 37.6. The Bertz CT molecular complexity index is 1000. The molecule has 0 spiro atoms. The summed E-state index contributed by atoms with van der Waals surface area (Å²) in [5.41, 5.74) is 0. The van der Waals surface area contributed by atoms with Crippen molar-refractivity contribution in [1.29, 1.82) is 0 Å². The third-order valence-corrected chi connectivity index (χ3v) is 10.6. The van der Waals surface area contributed by atoms with Gasteiger partial charge in [0.05, 0.1) is 0 Å². The molecule has 0 amide bonds. The van der Waals surface area contributed by atoms with E-state index in [2.05, 4.69) is 19.2 Å². The summed E-state index contributed by atoms with van der Waals surface area (Å²) in [7, 11) is 1.85. The van der Waals surface area contributed by atoms with Gasteiger partial charge in [-0.05, 0) is 95.7 Å². The van der Waals surface area contributed by atoms with Crippen molar-refractivity contribution in [2.45, 2.75) is 237 Å². The topological polar surface area (TPSA) is 90.9 Å². The summed E-state index contributed by atoms with van der Waals surface area (Å²) in [6.07, 6.45) is 29.4. The molecule has 0 unspecified atom stereocenters. The Morgan fingerprint density at radius 2 is 0.847 bits per heavy atom. The van der Waals surface area contributed by atoms with Crippen LogP contribution in [0.4, 0.5) is 17.6 Å². The van der Waals surface area contributed by atoms with Crippen LogP contribution in [0.25, 0.3) is 0 Å². The molecule has 0 saturated carbocycles. The minimum Gasteiger partial charge on any atom is -0.462 e. The standard InChI is InChI=1S/C48H85F4NO6/c1-4-6-8-10-12-20-26-36-47(49,50)38-29-41-57-44(54)33-24-18-14-16-22-31-43(59-46(56)35-28-40-53-3)32-23-17-15-19-25-34-45(55)58-42-30-39-48(51,52)37-27-21-13-11-9-7-5-2/h29-30,38-39,43,53H,4-28,31-37,40-42H2,1-3H3/b38-29-,39-30-. The van der Waals surface area contributed by atoms with Gasteiger partial charge in [-0.1, -0.05) is 129 Å². The second-order valence-corrected chi connectivity index (χ2v) is 16.4. The van der Waals surface area contributed by atoms with Crippen LogP contribution in [-0.2, 0) is 28.6 Å². The summed E-state index contributed by atoms with van der Waals surface area (Å²) < 4.78 is 72.4. The van der Waals surface area contributed by atoms with Crippen molar-refractivity contribution in [2.75, 3.05) is 26.8 Å². The first-order valence-corrected chi connectivity index (χ1v) is 23.7. The number of esters is 3. The number of hydrogen-bond acceptors (Lipinski definition) is 7. The number of allylic oxidation sites excluding steroid dienone is 2. The zero-order valence-corrected chi connectivity index (χ0v) is 37.6. The lowest BCUT2D eigenvalue weighted by Crippen LogP contribution is -2.19. The highest BCUT2D eigenvalue weighted by atomic mass is 19.3. The fourth-order valence-corrected chi connectivity index (χ4v) is 6.93. The van der Waals surface area contributed by atoms with Crippen LogP contribution >= 0.6 is 0 Å². The average molecular weight is 848 g/mol. The van der Waals surface area contributed by atoms with E-state index in [1.54, 1.807) is 0 Å². The van der Waals surface area contributed by atoms with E-state index in [-0.39, 0.29) is 62.9 Å². The molecule has 0 radical (unpaired) electrons. The lowest BCUT2D eigenvalue weighted by Gasteiger charge is -2.18. The molecule has 0 aromatic rings. The van der Waals surface area contributed by atoms with Gasteiger partial charge in [0, 0.05) is 32.1 Å². The SMILES string of the molecule is CCCCCCCCCC(F)(F)/C=C\COC(=O)CCCCCCCC(CCCCCCCC(=O)OC/C=C\C(F)(F)CCCCCCCCC)OC(=O)CCCNC. The second kappa shape index (κ2) is 39.7. The molecular weight excluding hydrogens is 763 g/mol. The fourth-order valence-electron chi connectivity index (χ4n) is 6.93. The molecule has 0 aliphatic rings. The molecule has 346 valence electrons. The van der Waals surface area contributed by atoms with Crippen LogP contribution in [-0.4, -0.2) is 62.7 Å². The number of ether oxygens (including phenoxy) is 3. The Morgan fingerprint density at radius 3 is 1.25 bits per heavy atom. The normalized spacial score (nSPS) is 12.3. The van der Waals surface area contributed by atoms with Gasteiger partial charge < -0.3 is 19.5 Å². The minimum absolute atomic E-state index is 0.139. The molecule has 0 aliphatic carbocycles. The molecule has 59 heavy (non-hydrogen) atoms. The Balaban J connectivity index is 4.20. The van der Waals surface area contributed by atoms with Crippen LogP contribution in [0.1, 0.15) is 219 Å². The van der Waals surface area contributed by atoms with Crippen LogP contribution in [0.15, 0.2) is 24.3 Å². The first-order chi connectivity index (χ1) is 28.4. The molecule has 11 heteroatoms. The van der Waals surface area contributed by atoms with Gasteiger partial charge in [0.1, 0.15) is 19.3 Å². The number of carbonyl (C=O) groups is 3. The fraction of sp³-hybridized carbons (Fsp3) is 0.854. The highest BCUT2D eigenvalue weighted by molar-refractivity contribution is 5.70. The number of alkyl halides is 4. The molecule has 1 N–H and O–H groups in total. The van der Waals surface area contributed by atoms with Gasteiger partial charge >= 0.3 is 17.9 Å². The van der Waals surface area contributed by atoms with Gasteiger partial charge in [0.25, 0.3) is 11.8 Å². The van der Waals surface area contributed by atoms with E-state index in [4.69, 9.17) is 14.2 Å². The monoisotopic (exact) mass is 848 g/mol. The van der Waals surface area contributed by atoms with Gasteiger partial charge in [0.2, 0.25) is 0 Å². The highest BCUT2D eigenvalue weighted by Gasteiger charge is 2.24. The predicted molar refractivity (Wildman–Crippen MR) is 233 cm³/mol. The van der Waals surface area contributed by atoms with E-state index >= 15 is 0 Å². The predicted octanol–water partition coefficient (Wildman–Crippen LogP) is 14.1. The van der Waals surface area contributed by atoms with E-state index in [9.17, 15) is 31.9 Å². The Hall–Kier alpha value is -2.43. The van der Waals surface area contributed by atoms with E-state index in [1.165, 1.54) is 50.7 Å². The Labute approximate surface area is 357 Å². The van der Waals surface area contributed by atoms with Gasteiger partial charge in [-0.3, -0.25) is 14.4 Å². The molecule has 0 aromatic carbocycles. The number of carbonyl (C=O) groups excluding carboxylic acids is 3. The van der Waals surface area contributed by atoms with Gasteiger partial charge in [-0.15, -0.1) is 0 Å². The summed E-state index contributed by atoms with van der Waals surface area (Å²) in [6, 6.07) is 0. The number of rotatable bonds is 43. The first kappa shape index (κ1) is 56.6. The van der Waals surface area contributed by atoms with Crippen LogP contribution in [0.2, 0.25) is 0 Å². The van der Waals surface area contributed by atoms with Crippen molar-refractivity contribution in [2.24, 2.45) is 0 Å². The Morgan fingerprint density at radius 1 is 0.492 bits per heavy atom. The molecule has 0 aromatic heterocycles. The van der Waals surface area contributed by atoms with Crippen LogP contribution < -0.4 is 5.32 Å². The average Bonchev–Trinajstić information content (AvgIpc) is 3.19. The van der Waals surface area contributed by atoms with E-state index in [1.807, 2.05) is 7.05 Å². The quantitative estimate of drug-likeness (QED) is 0.0215. The zero-order chi connectivity index (χ0) is 43.7. The maximum atomic E-state index is 14.1.